The zero-order valence-electron chi connectivity index (χ0n) is 8.95. The molecule has 0 saturated heterocycles. The molecule has 1 aliphatic rings. The zero-order chi connectivity index (χ0) is 12.7. The lowest BCUT2D eigenvalue weighted by molar-refractivity contribution is -0.110. The summed E-state index contributed by atoms with van der Waals surface area (Å²) in [6, 6.07) is 7.23. The Hall–Kier alpha value is -1.99. The molecule has 90 valence electrons. The van der Waals surface area contributed by atoms with Crippen molar-refractivity contribution in [3.05, 3.63) is 39.2 Å². The standard InChI is InChI=1S/C11H7N3O2S2/c15-8-5-18-11(17)14(8)13-9-6-3-1-2-4-7(6)12-10(9)16/h1-5,15H,(H,12,13,16). The number of fused-ring (bicyclic) bond motifs is 1. The third kappa shape index (κ3) is 1.64. The highest BCUT2D eigenvalue weighted by Crippen LogP contribution is 2.24. The quantitative estimate of drug-likeness (QED) is 0.785. The van der Waals surface area contributed by atoms with Crippen molar-refractivity contribution in [3.8, 4) is 5.88 Å². The number of hydrogen-bond acceptors (Lipinski definition) is 5. The molecule has 0 bridgehead atoms. The van der Waals surface area contributed by atoms with Crippen LogP contribution in [0.3, 0.4) is 0 Å². The monoisotopic (exact) mass is 277 g/mol. The fourth-order valence-corrected chi connectivity index (χ4v) is 2.51. The number of anilines is 1. The van der Waals surface area contributed by atoms with Crippen molar-refractivity contribution in [2.75, 3.05) is 5.32 Å². The summed E-state index contributed by atoms with van der Waals surface area (Å²) in [5, 5.41) is 17.9. The maximum absolute atomic E-state index is 11.8. The molecular formula is C11H7N3O2S2. The number of para-hydroxylation sites is 1. The van der Waals surface area contributed by atoms with Crippen molar-refractivity contribution in [3.63, 3.8) is 0 Å². The number of thiazole rings is 1. The first-order chi connectivity index (χ1) is 8.66. The van der Waals surface area contributed by atoms with Gasteiger partial charge in [-0.2, -0.15) is 9.78 Å². The van der Waals surface area contributed by atoms with E-state index in [0.717, 1.165) is 0 Å². The fourth-order valence-electron chi connectivity index (χ4n) is 1.69. The van der Waals surface area contributed by atoms with E-state index in [1.54, 1.807) is 12.1 Å². The Morgan fingerprint density at radius 2 is 2.17 bits per heavy atom. The Morgan fingerprint density at radius 1 is 1.39 bits per heavy atom. The lowest BCUT2D eigenvalue weighted by Gasteiger charge is -1.98. The molecule has 0 atom stereocenters. The lowest BCUT2D eigenvalue weighted by Crippen LogP contribution is -2.15. The number of aromatic nitrogens is 1. The molecule has 0 unspecified atom stereocenters. The van der Waals surface area contributed by atoms with Gasteiger partial charge in [-0.15, -0.1) is 11.3 Å². The molecule has 1 aromatic carbocycles. The largest absolute Gasteiger partial charge is 0.493 e. The molecule has 7 heteroatoms. The molecule has 18 heavy (non-hydrogen) atoms. The minimum absolute atomic E-state index is 0.0744. The van der Waals surface area contributed by atoms with Gasteiger partial charge in [-0.05, 0) is 18.3 Å². The van der Waals surface area contributed by atoms with Crippen LogP contribution in [0, 0.1) is 3.95 Å². The predicted molar refractivity (Wildman–Crippen MR) is 71.8 cm³/mol. The molecule has 3 rings (SSSR count). The number of hydrogen-bond donors (Lipinski definition) is 2. The maximum atomic E-state index is 11.8. The Labute approximate surface area is 111 Å². The topological polar surface area (TPSA) is 66.6 Å². The van der Waals surface area contributed by atoms with Crippen molar-refractivity contribution in [2.24, 2.45) is 5.10 Å². The summed E-state index contributed by atoms with van der Waals surface area (Å²) in [5.41, 5.74) is 1.66. The van der Waals surface area contributed by atoms with Gasteiger partial charge in [-0.25, -0.2) is 0 Å². The SMILES string of the molecule is O=C1Nc2ccccc2C1=Nn1c(O)csc1=S. The van der Waals surface area contributed by atoms with Gasteiger partial charge >= 0.3 is 0 Å². The highest BCUT2D eigenvalue weighted by atomic mass is 32.1. The van der Waals surface area contributed by atoms with Crippen molar-refractivity contribution >= 4 is 40.9 Å². The van der Waals surface area contributed by atoms with Crippen LogP contribution in [-0.4, -0.2) is 21.4 Å². The van der Waals surface area contributed by atoms with Gasteiger partial charge in [0.2, 0.25) is 5.88 Å². The van der Waals surface area contributed by atoms with Crippen LogP contribution in [-0.2, 0) is 4.79 Å². The molecule has 1 aliphatic heterocycles. The van der Waals surface area contributed by atoms with Crippen LogP contribution < -0.4 is 5.32 Å². The number of amides is 1. The molecule has 0 aliphatic carbocycles. The number of carbonyl (C=O) groups excluding carboxylic acids is 1. The molecule has 1 amide bonds. The number of carbonyl (C=O) groups is 1. The zero-order valence-corrected chi connectivity index (χ0v) is 10.6. The molecule has 2 aromatic rings. The summed E-state index contributed by atoms with van der Waals surface area (Å²) in [6.07, 6.45) is 0. The summed E-state index contributed by atoms with van der Waals surface area (Å²) in [5.74, 6) is -0.376. The van der Waals surface area contributed by atoms with Gasteiger partial charge in [0, 0.05) is 5.56 Å². The van der Waals surface area contributed by atoms with Gasteiger partial charge in [-0.3, -0.25) is 4.79 Å². The second-order valence-electron chi connectivity index (χ2n) is 3.62. The Bertz CT molecular complexity index is 730. The molecule has 2 N–H and O–H groups in total. The Balaban J connectivity index is 2.19. The van der Waals surface area contributed by atoms with Crippen LogP contribution in [0.2, 0.25) is 0 Å². The average Bonchev–Trinajstić information content (AvgIpc) is 2.84. The van der Waals surface area contributed by atoms with Crippen molar-refractivity contribution < 1.29 is 9.90 Å². The fraction of sp³-hybridized carbons (Fsp3) is 0. The second kappa shape index (κ2) is 4.04. The van der Waals surface area contributed by atoms with Crippen LogP contribution in [0.1, 0.15) is 5.56 Å². The van der Waals surface area contributed by atoms with Gasteiger partial charge in [-0.1, -0.05) is 18.2 Å². The van der Waals surface area contributed by atoms with E-state index in [9.17, 15) is 9.90 Å². The number of nitrogens with zero attached hydrogens (tertiary/aromatic N) is 2. The smallest absolute Gasteiger partial charge is 0.276 e. The molecule has 0 radical (unpaired) electrons. The number of rotatable bonds is 1. The lowest BCUT2D eigenvalue weighted by atomic mass is 10.1. The van der Waals surface area contributed by atoms with Crippen molar-refractivity contribution in [1.82, 2.24) is 4.68 Å². The molecule has 1 aromatic heterocycles. The summed E-state index contributed by atoms with van der Waals surface area (Å²) in [4.78, 5) is 11.8. The van der Waals surface area contributed by atoms with Crippen LogP contribution in [0.5, 0.6) is 5.88 Å². The Kier molecular flexibility index (Phi) is 2.49. The molecule has 0 spiro atoms. The molecule has 5 nitrogen and oxygen atoms in total. The van der Waals surface area contributed by atoms with Crippen molar-refractivity contribution in [1.29, 1.82) is 0 Å². The minimum Gasteiger partial charge on any atom is -0.493 e. The normalized spacial score (nSPS) is 15.8. The van der Waals surface area contributed by atoms with Crippen molar-refractivity contribution in [2.45, 2.75) is 0 Å². The van der Waals surface area contributed by atoms with Gasteiger partial charge in [0.05, 0.1) is 11.1 Å². The highest BCUT2D eigenvalue weighted by molar-refractivity contribution is 7.73. The molecule has 0 fully saturated rings. The number of nitrogens with one attached hydrogen (secondary N) is 1. The highest BCUT2D eigenvalue weighted by Gasteiger charge is 2.26. The van der Waals surface area contributed by atoms with E-state index in [2.05, 4.69) is 10.4 Å². The first-order valence-corrected chi connectivity index (χ1v) is 6.35. The third-order valence-corrected chi connectivity index (χ3v) is 3.67. The van der Waals surface area contributed by atoms with Gasteiger partial charge in [0.15, 0.2) is 9.67 Å². The molecular weight excluding hydrogens is 270 g/mol. The van der Waals surface area contributed by atoms with Crippen LogP contribution in [0.25, 0.3) is 0 Å². The van der Waals surface area contributed by atoms with Crippen LogP contribution >= 0.6 is 23.6 Å². The van der Waals surface area contributed by atoms with E-state index in [1.807, 2.05) is 12.1 Å². The minimum atomic E-state index is -0.302. The summed E-state index contributed by atoms with van der Waals surface area (Å²) < 4.78 is 1.56. The maximum Gasteiger partial charge on any atom is 0.276 e. The van der Waals surface area contributed by atoms with E-state index in [-0.39, 0.29) is 17.5 Å². The first-order valence-electron chi connectivity index (χ1n) is 5.06. The van der Waals surface area contributed by atoms with E-state index in [4.69, 9.17) is 12.2 Å². The van der Waals surface area contributed by atoms with Crippen LogP contribution in [0.4, 0.5) is 5.69 Å². The third-order valence-electron chi connectivity index (χ3n) is 2.50. The number of aromatic hydroxyl groups is 1. The van der Waals surface area contributed by atoms with Gasteiger partial charge in [0.25, 0.3) is 5.91 Å². The van der Waals surface area contributed by atoms with E-state index in [0.29, 0.717) is 15.2 Å². The second-order valence-corrected chi connectivity index (χ2v) is 5.12. The van der Waals surface area contributed by atoms with E-state index in [1.165, 1.54) is 21.4 Å². The molecule has 0 saturated carbocycles. The van der Waals surface area contributed by atoms with Crippen LogP contribution in [0.15, 0.2) is 34.7 Å². The molecule has 2 heterocycles. The van der Waals surface area contributed by atoms with E-state index < -0.39 is 0 Å². The van der Waals surface area contributed by atoms with E-state index >= 15 is 0 Å². The van der Waals surface area contributed by atoms with Gasteiger partial charge < -0.3 is 10.4 Å². The number of benzene rings is 1. The first kappa shape index (κ1) is 11.1. The summed E-state index contributed by atoms with van der Waals surface area (Å²) >= 11 is 6.21. The average molecular weight is 277 g/mol. The predicted octanol–water partition coefficient (Wildman–Crippen LogP) is 2.19. The van der Waals surface area contributed by atoms with Gasteiger partial charge in [0.1, 0.15) is 0 Å². The summed E-state index contributed by atoms with van der Waals surface area (Å²) in [7, 11) is 0. The summed E-state index contributed by atoms with van der Waals surface area (Å²) in [6.45, 7) is 0. The Morgan fingerprint density at radius 3 is 2.89 bits per heavy atom.